The number of rotatable bonds is 11. The van der Waals surface area contributed by atoms with Crippen LogP contribution in [-0.4, -0.2) is 63.2 Å². The predicted octanol–water partition coefficient (Wildman–Crippen LogP) is 3.59. The van der Waals surface area contributed by atoms with E-state index in [0.717, 1.165) is 18.8 Å². The summed E-state index contributed by atoms with van der Waals surface area (Å²) in [5, 5.41) is 5.74. The van der Waals surface area contributed by atoms with Crippen LogP contribution in [0.1, 0.15) is 26.7 Å². The molecule has 2 N–H and O–H groups in total. The van der Waals surface area contributed by atoms with Gasteiger partial charge in [0.2, 0.25) is 11.8 Å². The first-order chi connectivity index (χ1) is 16.0. The molecule has 178 valence electrons. The quantitative estimate of drug-likeness (QED) is 0.540. The minimum absolute atomic E-state index is 0.0818. The number of hydrogen-bond acceptors (Lipinski definition) is 6. The Morgan fingerprint density at radius 3 is 2.00 bits per heavy atom. The Balaban J connectivity index is 1.46. The van der Waals surface area contributed by atoms with Crippen molar-refractivity contribution in [2.45, 2.75) is 26.7 Å². The number of amides is 2. The van der Waals surface area contributed by atoms with E-state index < -0.39 is 0 Å². The Morgan fingerprint density at radius 1 is 0.848 bits per heavy atom. The SMILES string of the molecule is CCOc1ccc(NC(=O)CN(C)CC(=O)Nc2ccc(N3CCCC3)cc2)cc1OCC. The summed E-state index contributed by atoms with van der Waals surface area (Å²) in [5.41, 5.74) is 2.54. The molecular formula is C25H34N4O4. The molecule has 0 aromatic heterocycles. The van der Waals surface area contributed by atoms with Gasteiger partial charge in [-0.3, -0.25) is 14.5 Å². The molecule has 2 aromatic rings. The minimum Gasteiger partial charge on any atom is -0.490 e. The van der Waals surface area contributed by atoms with Crippen LogP contribution in [0.5, 0.6) is 11.5 Å². The van der Waals surface area contributed by atoms with Gasteiger partial charge in [-0.15, -0.1) is 0 Å². The largest absolute Gasteiger partial charge is 0.490 e. The van der Waals surface area contributed by atoms with E-state index in [0.29, 0.717) is 30.4 Å². The van der Waals surface area contributed by atoms with Gasteiger partial charge in [-0.25, -0.2) is 0 Å². The number of hydrogen-bond donors (Lipinski definition) is 2. The zero-order chi connectivity index (χ0) is 23.6. The highest BCUT2D eigenvalue weighted by Crippen LogP contribution is 2.30. The predicted molar refractivity (Wildman–Crippen MR) is 131 cm³/mol. The van der Waals surface area contributed by atoms with Crippen LogP contribution in [0.4, 0.5) is 17.1 Å². The molecule has 0 radical (unpaired) electrons. The lowest BCUT2D eigenvalue weighted by molar-refractivity contribution is -0.119. The lowest BCUT2D eigenvalue weighted by Gasteiger charge is -2.18. The van der Waals surface area contributed by atoms with E-state index in [2.05, 4.69) is 15.5 Å². The van der Waals surface area contributed by atoms with Gasteiger partial charge in [-0.05, 0) is 70.1 Å². The molecule has 8 heteroatoms. The van der Waals surface area contributed by atoms with Crippen molar-refractivity contribution >= 4 is 28.9 Å². The van der Waals surface area contributed by atoms with E-state index in [1.165, 1.54) is 18.5 Å². The third-order valence-corrected chi connectivity index (χ3v) is 5.28. The highest BCUT2D eigenvalue weighted by molar-refractivity contribution is 5.95. The number of benzene rings is 2. The van der Waals surface area contributed by atoms with Gasteiger partial charge in [0, 0.05) is 36.2 Å². The van der Waals surface area contributed by atoms with E-state index in [-0.39, 0.29) is 24.9 Å². The van der Waals surface area contributed by atoms with Gasteiger partial charge in [0.15, 0.2) is 11.5 Å². The summed E-state index contributed by atoms with van der Waals surface area (Å²) in [6.07, 6.45) is 2.45. The third kappa shape index (κ3) is 7.39. The number of carbonyl (C=O) groups excluding carboxylic acids is 2. The molecule has 0 aliphatic carbocycles. The zero-order valence-electron chi connectivity index (χ0n) is 19.7. The smallest absolute Gasteiger partial charge is 0.238 e. The van der Waals surface area contributed by atoms with Gasteiger partial charge >= 0.3 is 0 Å². The number of anilines is 3. The summed E-state index contributed by atoms with van der Waals surface area (Å²) in [6, 6.07) is 13.2. The van der Waals surface area contributed by atoms with E-state index in [9.17, 15) is 9.59 Å². The van der Waals surface area contributed by atoms with Crippen LogP contribution >= 0.6 is 0 Å². The van der Waals surface area contributed by atoms with Gasteiger partial charge < -0.3 is 25.0 Å². The van der Waals surface area contributed by atoms with Crippen molar-refractivity contribution in [1.29, 1.82) is 0 Å². The molecule has 0 spiro atoms. The highest BCUT2D eigenvalue weighted by atomic mass is 16.5. The number of likely N-dealkylation sites (N-methyl/N-ethyl adjacent to an activating group) is 1. The summed E-state index contributed by atoms with van der Waals surface area (Å²) in [6.45, 7) is 7.18. The second kappa shape index (κ2) is 12.1. The van der Waals surface area contributed by atoms with Gasteiger partial charge in [0.1, 0.15) is 0 Å². The normalized spacial score (nSPS) is 13.2. The Labute approximate surface area is 195 Å². The number of carbonyl (C=O) groups is 2. The molecule has 2 aromatic carbocycles. The number of nitrogens with one attached hydrogen (secondary N) is 2. The van der Waals surface area contributed by atoms with Crippen molar-refractivity contribution in [3.8, 4) is 11.5 Å². The molecule has 1 aliphatic heterocycles. The topological polar surface area (TPSA) is 83.1 Å². The van der Waals surface area contributed by atoms with Crippen molar-refractivity contribution < 1.29 is 19.1 Å². The standard InChI is InChI=1S/C25H34N4O4/c1-4-32-22-13-10-20(16-23(22)33-5-2)27-25(31)18-28(3)17-24(30)26-19-8-11-21(12-9-19)29-14-6-7-15-29/h8-13,16H,4-7,14-15,17-18H2,1-3H3,(H,26,30)(H,27,31). The first-order valence-corrected chi connectivity index (χ1v) is 11.5. The van der Waals surface area contributed by atoms with Gasteiger partial charge in [-0.2, -0.15) is 0 Å². The number of nitrogens with zero attached hydrogens (tertiary/aromatic N) is 2. The molecular weight excluding hydrogens is 420 g/mol. The fourth-order valence-electron chi connectivity index (χ4n) is 3.81. The third-order valence-electron chi connectivity index (χ3n) is 5.28. The van der Waals surface area contributed by atoms with Crippen molar-refractivity contribution in [1.82, 2.24) is 4.90 Å². The molecule has 0 unspecified atom stereocenters. The summed E-state index contributed by atoms with van der Waals surface area (Å²) in [5.74, 6) is 0.839. The van der Waals surface area contributed by atoms with E-state index in [1.807, 2.05) is 38.1 Å². The van der Waals surface area contributed by atoms with Crippen LogP contribution in [0, 0.1) is 0 Å². The fourth-order valence-corrected chi connectivity index (χ4v) is 3.81. The highest BCUT2D eigenvalue weighted by Gasteiger charge is 2.14. The molecule has 1 aliphatic rings. The summed E-state index contributed by atoms with van der Waals surface area (Å²) < 4.78 is 11.1. The average molecular weight is 455 g/mol. The van der Waals surface area contributed by atoms with E-state index >= 15 is 0 Å². The second-order valence-corrected chi connectivity index (χ2v) is 8.04. The minimum atomic E-state index is -0.216. The zero-order valence-corrected chi connectivity index (χ0v) is 19.7. The van der Waals surface area contributed by atoms with Crippen LogP contribution < -0.4 is 25.0 Å². The number of ether oxygens (including phenoxy) is 2. The second-order valence-electron chi connectivity index (χ2n) is 8.04. The summed E-state index contributed by atoms with van der Waals surface area (Å²) in [7, 11) is 1.74. The van der Waals surface area contributed by atoms with Crippen LogP contribution in [0.2, 0.25) is 0 Å². The molecule has 1 saturated heterocycles. The Bertz CT molecular complexity index is 927. The molecule has 2 amide bonds. The van der Waals surface area contributed by atoms with Gasteiger partial charge in [0.25, 0.3) is 0 Å². The Hall–Kier alpha value is -3.26. The van der Waals surface area contributed by atoms with Crippen molar-refractivity contribution in [2.75, 3.05) is 62.0 Å². The molecule has 0 saturated carbocycles. The first-order valence-electron chi connectivity index (χ1n) is 11.5. The molecule has 0 bridgehead atoms. The van der Waals surface area contributed by atoms with Gasteiger partial charge in [0.05, 0.1) is 26.3 Å². The van der Waals surface area contributed by atoms with Crippen molar-refractivity contribution in [2.24, 2.45) is 0 Å². The van der Waals surface area contributed by atoms with Crippen molar-refractivity contribution in [3.63, 3.8) is 0 Å². The van der Waals surface area contributed by atoms with E-state index in [4.69, 9.17) is 9.47 Å². The maximum atomic E-state index is 12.4. The molecule has 33 heavy (non-hydrogen) atoms. The van der Waals surface area contributed by atoms with Crippen LogP contribution in [0.3, 0.4) is 0 Å². The van der Waals surface area contributed by atoms with Crippen molar-refractivity contribution in [3.05, 3.63) is 42.5 Å². The molecule has 0 atom stereocenters. The molecule has 1 fully saturated rings. The van der Waals surface area contributed by atoms with E-state index in [1.54, 1.807) is 30.1 Å². The Morgan fingerprint density at radius 2 is 1.39 bits per heavy atom. The molecule has 8 nitrogen and oxygen atoms in total. The fraction of sp³-hybridized carbons (Fsp3) is 0.440. The average Bonchev–Trinajstić information content (AvgIpc) is 3.31. The monoisotopic (exact) mass is 454 g/mol. The lowest BCUT2D eigenvalue weighted by Crippen LogP contribution is -2.36. The summed E-state index contributed by atoms with van der Waals surface area (Å²) in [4.78, 5) is 28.9. The maximum absolute atomic E-state index is 12.4. The van der Waals surface area contributed by atoms with Crippen LogP contribution in [0.25, 0.3) is 0 Å². The lowest BCUT2D eigenvalue weighted by atomic mass is 10.2. The first kappa shape index (κ1) is 24.4. The van der Waals surface area contributed by atoms with Gasteiger partial charge in [-0.1, -0.05) is 0 Å². The maximum Gasteiger partial charge on any atom is 0.238 e. The molecule has 1 heterocycles. The Kier molecular flexibility index (Phi) is 8.95. The summed E-state index contributed by atoms with van der Waals surface area (Å²) >= 11 is 0. The molecule has 3 rings (SSSR count). The van der Waals surface area contributed by atoms with Crippen LogP contribution in [0.15, 0.2) is 42.5 Å². The van der Waals surface area contributed by atoms with Crippen LogP contribution in [-0.2, 0) is 9.59 Å².